The Morgan fingerprint density at radius 3 is 2.47 bits per heavy atom. The van der Waals surface area contributed by atoms with Gasteiger partial charge in [0.25, 0.3) is 0 Å². The highest BCUT2D eigenvalue weighted by atomic mass is 16.4. The lowest BCUT2D eigenvalue weighted by Crippen LogP contribution is -2.49. The molecule has 0 radical (unpaired) electrons. The van der Waals surface area contributed by atoms with Gasteiger partial charge in [0.1, 0.15) is 6.04 Å². The van der Waals surface area contributed by atoms with Crippen molar-refractivity contribution in [1.82, 2.24) is 10.6 Å². The van der Waals surface area contributed by atoms with Gasteiger partial charge in [-0.05, 0) is 18.3 Å². The fourth-order valence-electron chi connectivity index (χ4n) is 1.85. The van der Waals surface area contributed by atoms with Crippen molar-refractivity contribution in [3.05, 3.63) is 0 Å². The number of urea groups is 1. The summed E-state index contributed by atoms with van der Waals surface area (Å²) in [5.74, 6) is -1.14. The lowest BCUT2D eigenvalue weighted by Gasteiger charge is -2.38. The van der Waals surface area contributed by atoms with E-state index in [1.807, 2.05) is 0 Å². The van der Waals surface area contributed by atoms with Crippen LogP contribution in [0.4, 0.5) is 4.79 Å². The van der Waals surface area contributed by atoms with E-state index in [9.17, 15) is 9.59 Å². The average Bonchev–Trinajstić information content (AvgIpc) is 2.23. The van der Waals surface area contributed by atoms with Gasteiger partial charge in [0.15, 0.2) is 0 Å². The van der Waals surface area contributed by atoms with Gasteiger partial charge in [0, 0.05) is 19.6 Å². The maximum absolute atomic E-state index is 11.5. The van der Waals surface area contributed by atoms with Crippen molar-refractivity contribution in [3.63, 3.8) is 0 Å². The Labute approximate surface area is 100 Å². The molecule has 1 fully saturated rings. The van der Waals surface area contributed by atoms with E-state index in [1.54, 1.807) is 0 Å². The predicted octanol–water partition coefficient (Wildman–Crippen LogP) is 0.311. The summed E-state index contributed by atoms with van der Waals surface area (Å²) in [5, 5.41) is 22.5. The van der Waals surface area contributed by atoms with Crippen LogP contribution in [0.2, 0.25) is 0 Å². The zero-order valence-corrected chi connectivity index (χ0v) is 10.0. The number of carboxylic acid groups (broad SMARTS) is 1. The molecule has 6 nitrogen and oxygen atoms in total. The van der Waals surface area contributed by atoms with Gasteiger partial charge in [-0.2, -0.15) is 0 Å². The Morgan fingerprint density at radius 1 is 1.41 bits per heavy atom. The van der Waals surface area contributed by atoms with Gasteiger partial charge in [0.05, 0.1) is 0 Å². The van der Waals surface area contributed by atoms with E-state index in [0.29, 0.717) is 6.54 Å². The number of nitrogens with one attached hydrogen (secondary N) is 2. The quantitative estimate of drug-likeness (QED) is 0.540. The molecule has 6 heteroatoms. The van der Waals surface area contributed by atoms with Gasteiger partial charge in [0.2, 0.25) is 0 Å². The number of aliphatic hydroxyl groups excluding tert-OH is 1. The zero-order valence-electron chi connectivity index (χ0n) is 10.0. The minimum Gasteiger partial charge on any atom is -0.480 e. The molecule has 0 aliphatic heterocycles. The third-order valence-electron chi connectivity index (χ3n) is 3.26. The second-order valence-electron chi connectivity index (χ2n) is 4.89. The van der Waals surface area contributed by atoms with E-state index < -0.39 is 18.0 Å². The van der Waals surface area contributed by atoms with E-state index in [1.165, 1.54) is 6.42 Å². The topological polar surface area (TPSA) is 98.7 Å². The molecule has 0 aromatic heterocycles. The van der Waals surface area contributed by atoms with Crippen LogP contribution in [0, 0.1) is 5.41 Å². The third-order valence-corrected chi connectivity index (χ3v) is 3.26. The molecule has 1 aliphatic rings. The molecule has 0 spiro atoms. The first kappa shape index (κ1) is 13.8. The first-order chi connectivity index (χ1) is 7.97. The van der Waals surface area contributed by atoms with Crippen LogP contribution in [0.1, 0.15) is 32.6 Å². The lowest BCUT2D eigenvalue weighted by atomic mass is 9.70. The monoisotopic (exact) mass is 244 g/mol. The Morgan fingerprint density at radius 2 is 2.06 bits per heavy atom. The summed E-state index contributed by atoms with van der Waals surface area (Å²) in [4.78, 5) is 22.2. The zero-order chi connectivity index (χ0) is 12.9. The summed E-state index contributed by atoms with van der Waals surface area (Å²) in [6.45, 7) is 2.39. The molecule has 4 N–H and O–H groups in total. The molecule has 1 atom stereocenters. The summed E-state index contributed by atoms with van der Waals surface area (Å²) >= 11 is 0. The highest BCUT2D eigenvalue weighted by Crippen LogP contribution is 2.39. The van der Waals surface area contributed by atoms with Crippen LogP contribution in [0.25, 0.3) is 0 Å². The van der Waals surface area contributed by atoms with Crippen molar-refractivity contribution in [2.75, 3.05) is 13.2 Å². The predicted molar refractivity (Wildman–Crippen MR) is 61.6 cm³/mol. The van der Waals surface area contributed by atoms with Crippen LogP contribution in [-0.4, -0.2) is 41.4 Å². The number of carbonyl (C=O) groups excluding carboxylic acids is 1. The van der Waals surface area contributed by atoms with Crippen molar-refractivity contribution < 1.29 is 19.8 Å². The number of hydrogen-bond acceptors (Lipinski definition) is 3. The average molecular weight is 244 g/mol. The molecule has 0 heterocycles. The fraction of sp³-hybridized carbons (Fsp3) is 0.818. The highest BCUT2D eigenvalue weighted by Gasteiger charge is 2.32. The van der Waals surface area contributed by atoms with Gasteiger partial charge >= 0.3 is 12.0 Å². The number of amides is 2. The number of hydrogen-bond donors (Lipinski definition) is 4. The SMILES string of the molecule is CC1(CNC(=O)NC(CCO)C(=O)O)CCC1. The molecule has 1 saturated carbocycles. The molecule has 0 aromatic rings. The minimum absolute atomic E-state index is 0.0139. The van der Waals surface area contributed by atoms with Crippen LogP contribution in [-0.2, 0) is 4.79 Å². The van der Waals surface area contributed by atoms with E-state index in [0.717, 1.165) is 12.8 Å². The van der Waals surface area contributed by atoms with Gasteiger partial charge in [-0.15, -0.1) is 0 Å². The van der Waals surface area contributed by atoms with Crippen molar-refractivity contribution in [2.24, 2.45) is 5.41 Å². The smallest absolute Gasteiger partial charge is 0.326 e. The van der Waals surface area contributed by atoms with Crippen LogP contribution in [0.15, 0.2) is 0 Å². The Bertz CT molecular complexity index is 289. The second-order valence-corrected chi connectivity index (χ2v) is 4.89. The molecule has 2 amide bonds. The van der Waals surface area contributed by atoms with Crippen LogP contribution < -0.4 is 10.6 Å². The summed E-state index contributed by atoms with van der Waals surface area (Å²) in [5.41, 5.74) is 0.160. The van der Waals surface area contributed by atoms with Crippen LogP contribution in [0.3, 0.4) is 0 Å². The van der Waals surface area contributed by atoms with Crippen molar-refractivity contribution in [3.8, 4) is 0 Å². The first-order valence-electron chi connectivity index (χ1n) is 5.85. The molecule has 98 valence electrons. The van der Waals surface area contributed by atoms with Gasteiger partial charge in [-0.1, -0.05) is 13.3 Å². The Hall–Kier alpha value is -1.30. The normalized spacial score (nSPS) is 18.9. The lowest BCUT2D eigenvalue weighted by molar-refractivity contribution is -0.139. The Kier molecular flexibility index (Phi) is 4.74. The standard InChI is InChI=1S/C11H20N2O4/c1-11(4-2-5-11)7-12-10(17)13-8(3-6-14)9(15)16/h8,14H,2-7H2,1H3,(H,15,16)(H2,12,13,17). The number of carbonyl (C=O) groups is 2. The molecule has 0 aromatic carbocycles. The maximum atomic E-state index is 11.5. The summed E-state index contributed by atoms with van der Waals surface area (Å²) < 4.78 is 0. The molecule has 17 heavy (non-hydrogen) atoms. The number of aliphatic carboxylic acids is 1. The van der Waals surface area contributed by atoms with Gasteiger partial charge in [-0.3, -0.25) is 0 Å². The minimum atomic E-state index is -1.14. The molecule has 1 unspecified atom stereocenters. The van der Waals surface area contributed by atoms with E-state index in [-0.39, 0.29) is 18.4 Å². The van der Waals surface area contributed by atoms with E-state index in [2.05, 4.69) is 17.6 Å². The number of rotatable bonds is 6. The first-order valence-corrected chi connectivity index (χ1v) is 5.85. The molecule has 0 bridgehead atoms. The second kappa shape index (κ2) is 5.86. The summed E-state index contributed by atoms with van der Waals surface area (Å²) in [6, 6.07) is -1.52. The van der Waals surface area contributed by atoms with Crippen molar-refractivity contribution >= 4 is 12.0 Å². The van der Waals surface area contributed by atoms with E-state index in [4.69, 9.17) is 10.2 Å². The van der Waals surface area contributed by atoms with Gasteiger partial charge < -0.3 is 20.8 Å². The van der Waals surface area contributed by atoms with Crippen LogP contribution in [0.5, 0.6) is 0 Å². The third kappa shape index (κ3) is 4.22. The van der Waals surface area contributed by atoms with E-state index >= 15 is 0 Å². The largest absolute Gasteiger partial charge is 0.480 e. The Balaban J connectivity index is 2.29. The number of aliphatic hydroxyl groups is 1. The summed E-state index contributed by atoms with van der Waals surface area (Å²) in [7, 11) is 0. The fourth-order valence-corrected chi connectivity index (χ4v) is 1.85. The molecule has 1 aliphatic carbocycles. The molecule has 1 rings (SSSR count). The van der Waals surface area contributed by atoms with Crippen molar-refractivity contribution in [1.29, 1.82) is 0 Å². The summed E-state index contributed by atoms with van der Waals surface area (Å²) in [6.07, 6.45) is 3.38. The number of carboxylic acids is 1. The molecular formula is C11H20N2O4. The highest BCUT2D eigenvalue weighted by molar-refractivity contribution is 5.82. The molecule has 0 saturated heterocycles. The van der Waals surface area contributed by atoms with Crippen molar-refractivity contribution in [2.45, 2.75) is 38.6 Å². The van der Waals surface area contributed by atoms with Crippen LogP contribution >= 0.6 is 0 Å². The molecular weight excluding hydrogens is 224 g/mol. The van der Waals surface area contributed by atoms with Gasteiger partial charge in [-0.25, -0.2) is 9.59 Å². The maximum Gasteiger partial charge on any atom is 0.326 e.